The van der Waals surface area contributed by atoms with Gasteiger partial charge in [0.15, 0.2) is 0 Å². The first-order valence-corrected chi connectivity index (χ1v) is 5.96. The third-order valence-corrected chi connectivity index (χ3v) is 3.83. The van der Waals surface area contributed by atoms with Crippen molar-refractivity contribution in [1.29, 1.82) is 0 Å². The molecule has 1 fully saturated rings. The third kappa shape index (κ3) is 1.81. The van der Waals surface area contributed by atoms with E-state index in [1.165, 1.54) is 12.0 Å². The van der Waals surface area contributed by atoms with E-state index in [2.05, 4.69) is 38.1 Å². The summed E-state index contributed by atoms with van der Waals surface area (Å²) in [5, 5.41) is 10.7. The van der Waals surface area contributed by atoms with Crippen LogP contribution in [-0.4, -0.2) is 5.11 Å². The van der Waals surface area contributed by atoms with Crippen LogP contribution in [0.4, 0.5) is 0 Å². The molecular formula is C14H20O. The van der Waals surface area contributed by atoms with Crippen LogP contribution in [0.1, 0.15) is 43.7 Å². The molecule has 0 bridgehead atoms. The minimum absolute atomic E-state index is 0.445. The molecule has 1 aromatic rings. The number of hydrogen-bond donors (Lipinski definition) is 1. The van der Waals surface area contributed by atoms with Crippen LogP contribution in [0.5, 0.6) is 0 Å². The van der Waals surface area contributed by atoms with E-state index in [0.717, 1.165) is 24.8 Å². The quantitative estimate of drug-likeness (QED) is 0.783. The second-order valence-electron chi connectivity index (χ2n) is 4.79. The second-order valence-corrected chi connectivity index (χ2v) is 4.79. The normalized spacial score (nSPS) is 30.7. The predicted octanol–water partition coefficient (Wildman–Crippen LogP) is 3.39. The van der Waals surface area contributed by atoms with Crippen LogP contribution in [0, 0.1) is 12.8 Å². The summed E-state index contributed by atoms with van der Waals surface area (Å²) >= 11 is 0. The van der Waals surface area contributed by atoms with Crippen molar-refractivity contribution in [2.24, 2.45) is 5.92 Å². The van der Waals surface area contributed by atoms with Crippen molar-refractivity contribution in [2.75, 3.05) is 0 Å². The average Bonchev–Trinajstić information content (AvgIpc) is 2.61. The van der Waals surface area contributed by atoms with Gasteiger partial charge in [0.25, 0.3) is 0 Å². The summed E-state index contributed by atoms with van der Waals surface area (Å²) in [7, 11) is 0. The summed E-state index contributed by atoms with van der Waals surface area (Å²) in [5.41, 5.74) is 1.81. The maximum Gasteiger partial charge on any atom is 0.0924 e. The molecule has 2 atom stereocenters. The molecule has 0 radical (unpaired) electrons. The maximum atomic E-state index is 10.7. The fraction of sp³-hybridized carbons (Fsp3) is 0.571. The zero-order chi connectivity index (χ0) is 10.9. The molecule has 0 unspecified atom stereocenters. The van der Waals surface area contributed by atoms with Gasteiger partial charge in [0.1, 0.15) is 0 Å². The Morgan fingerprint density at radius 1 is 1.33 bits per heavy atom. The molecular weight excluding hydrogens is 184 g/mol. The summed E-state index contributed by atoms with van der Waals surface area (Å²) in [6.45, 7) is 4.26. The minimum Gasteiger partial charge on any atom is -0.385 e. The van der Waals surface area contributed by atoms with E-state index in [0.29, 0.717) is 5.92 Å². The number of hydrogen-bond acceptors (Lipinski definition) is 1. The van der Waals surface area contributed by atoms with Crippen molar-refractivity contribution < 1.29 is 5.11 Å². The van der Waals surface area contributed by atoms with Crippen LogP contribution < -0.4 is 0 Å². The summed E-state index contributed by atoms with van der Waals surface area (Å²) in [4.78, 5) is 0. The Hall–Kier alpha value is -0.820. The summed E-state index contributed by atoms with van der Waals surface area (Å²) in [5.74, 6) is 0.445. The van der Waals surface area contributed by atoms with Gasteiger partial charge in [0.2, 0.25) is 0 Å². The Labute approximate surface area is 92.1 Å². The first-order valence-electron chi connectivity index (χ1n) is 5.96. The smallest absolute Gasteiger partial charge is 0.0924 e. The van der Waals surface area contributed by atoms with Crippen LogP contribution in [0.3, 0.4) is 0 Å². The van der Waals surface area contributed by atoms with E-state index in [1.54, 1.807) is 0 Å². The monoisotopic (exact) mass is 204 g/mol. The zero-order valence-electron chi connectivity index (χ0n) is 9.66. The molecule has 0 saturated heterocycles. The van der Waals surface area contributed by atoms with E-state index in [9.17, 15) is 5.11 Å². The lowest BCUT2D eigenvalue weighted by Crippen LogP contribution is -2.29. The third-order valence-electron chi connectivity index (χ3n) is 3.83. The van der Waals surface area contributed by atoms with Gasteiger partial charge in [-0.1, -0.05) is 43.2 Å². The Balaban J connectivity index is 2.32. The maximum absolute atomic E-state index is 10.7. The van der Waals surface area contributed by atoms with Gasteiger partial charge in [-0.25, -0.2) is 0 Å². The lowest BCUT2D eigenvalue weighted by atomic mass is 9.82. The second kappa shape index (κ2) is 3.97. The molecule has 1 heteroatoms. The number of aliphatic hydroxyl groups is 1. The van der Waals surface area contributed by atoms with Crippen LogP contribution in [0.2, 0.25) is 0 Å². The van der Waals surface area contributed by atoms with E-state index >= 15 is 0 Å². The number of benzene rings is 1. The number of rotatable bonds is 2. The Morgan fingerprint density at radius 3 is 2.60 bits per heavy atom. The van der Waals surface area contributed by atoms with E-state index in [4.69, 9.17) is 0 Å². The molecule has 0 aromatic heterocycles. The zero-order valence-corrected chi connectivity index (χ0v) is 9.66. The SMILES string of the molecule is CC[C@H]1CCC[C@@]1(O)c1ccc(C)cc1. The van der Waals surface area contributed by atoms with Crippen molar-refractivity contribution in [2.45, 2.75) is 45.1 Å². The lowest BCUT2D eigenvalue weighted by Gasteiger charge is -2.30. The highest BCUT2D eigenvalue weighted by Crippen LogP contribution is 2.44. The average molecular weight is 204 g/mol. The summed E-state index contributed by atoms with van der Waals surface area (Å²) in [6.07, 6.45) is 4.32. The molecule has 0 heterocycles. The van der Waals surface area contributed by atoms with Gasteiger partial charge in [-0.15, -0.1) is 0 Å². The molecule has 1 saturated carbocycles. The molecule has 1 aliphatic carbocycles. The molecule has 1 aliphatic rings. The van der Waals surface area contributed by atoms with Crippen LogP contribution in [0.25, 0.3) is 0 Å². The highest BCUT2D eigenvalue weighted by Gasteiger charge is 2.41. The van der Waals surface area contributed by atoms with Gasteiger partial charge in [0, 0.05) is 0 Å². The van der Waals surface area contributed by atoms with E-state index < -0.39 is 5.60 Å². The number of aryl methyl sites for hydroxylation is 1. The first-order chi connectivity index (χ1) is 7.16. The first kappa shape index (κ1) is 10.7. The van der Waals surface area contributed by atoms with Gasteiger partial charge in [-0.2, -0.15) is 0 Å². The van der Waals surface area contributed by atoms with Crippen LogP contribution in [-0.2, 0) is 5.60 Å². The topological polar surface area (TPSA) is 20.2 Å². The molecule has 1 nitrogen and oxygen atoms in total. The van der Waals surface area contributed by atoms with Gasteiger partial charge in [-0.05, 0) is 37.7 Å². The van der Waals surface area contributed by atoms with E-state index in [-0.39, 0.29) is 0 Å². The molecule has 2 rings (SSSR count). The molecule has 0 amide bonds. The molecule has 0 aliphatic heterocycles. The van der Waals surface area contributed by atoms with Crippen molar-refractivity contribution in [3.8, 4) is 0 Å². The van der Waals surface area contributed by atoms with Gasteiger partial charge in [0.05, 0.1) is 5.60 Å². The highest BCUT2D eigenvalue weighted by atomic mass is 16.3. The molecule has 15 heavy (non-hydrogen) atoms. The van der Waals surface area contributed by atoms with Crippen molar-refractivity contribution in [3.05, 3.63) is 35.4 Å². The van der Waals surface area contributed by atoms with Crippen molar-refractivity contribution in [1.82, 2.24) is 0 Å². The largest absolute Gasteiger partial charge is 0.385 e. The van der Waals surface area contributed by atoms with Gasteiger partial charge in [-0.3, -0.25) is 0 Å². The van der Waals surface area contributed by atoms with E-state index in [1.807, 2.05) is 0 Å². The van der Waals surface area contributed by atoms with Crippen molar-refractivity contribution in [3.63, 3.8) is 0 Å². The van der Waals surface area contributed by atoms with Gasteiger partial charge >= 0.3 is 0 Å². The van der Waals surface area contributed by atoms with Crippen molar-refractivity contribution >= 4 is 0 Å². The fourth-order valence-electron chi connectivity index (χ4n) is 2.82. The fourth-order valence-corrected chi connectivity index (χ4v) is 2.82. The van der Waals surface area contributed by atoms with Crippen LogP contribution >= 0.6 is 0 Å². The Morgan fingerprint density at radius 2 is 2.00 bits per heavy atom. The summed E-state index contributed by atoms with van der Waals surface area (Å²) in [6, 6.07) is 8.36. The Bertz CT molecular complexity index is 328. The lowest BCUT2D eigenvalue weighted by molar-refractivity contribution is -0.00387. The molecule has 82 valence electrons. The predicted molar refractivity (Wildman–Crippen MR) is 62.7 cm³/mol. The molecule has 1 N–H and O–H groups in total. The summed E-state index contributed by atoms with van der Waals surface area (Å²) < 4.78 is 0. The molecule has 0 spiro atoms. The van der Waals surface area contributed by atoms with Crippen LogP contribution in [0.15, 0.2) is 24.3 Å². The minimum atomic E-state index is -0.553. The highest BCUT2D eigenvalue weighted by molar-refractivity contribution is 5.28. The molecule has 1 aromatic carbocycles. The Kier molecular flexibility index (Phi) is 2.83. The van der Waals surface area contributed by atoms with Gasteiger partial charge < -0.3 is 5.11 Å². The standard InChI is InChI=1S/C14H20O/c1-3-12-5-4-10-14(12,15)13-8-6-11(2)7-9-13/h6-9,12,15H,3-5,10H2,1-2H3/t12-,14-/m0/s1.